The first-order valence-corrected chi connectivity index (χ1v) is 14.0. The van der Waals surface area contributed by atoms with Crippen LogP contribution in [0.2, 0.25) is 0 Å². The maximum Gasteiger partial charge on any atom is 0.264 e. The minimum atomic E-state index is -3.93. The molecule has 38 heavy (non-hydrogen) atoms. The average Bonchev–Trinajstić information content (AvgIpc) is 3.41. The second kappa shape index (κ2) is 10.4. The molecule has 0 amide bonds. The van der Waals surface area contributed by atoms with Gasteiger partial charge in [-0.15, -0.1) is 0 Å². The summed E-state index contributed by atoms with van der Waals surface area (Å²) in [5, 5.41) is 3.83. The van der Waals surface area contributed by atoms with E-state index in [2.05, 4.69) is 21.4 Å². The highest BCUT2D eigenvalue weighted by molar-refractivity contribution is 7.92. The first kappa shape index (κ1) is 25.7. The number of nitrogens with one attached hydrogen (secondary N) is 1. The fourth-order valence-electron chi connectivity index (χ4n) is 4.45. The molecular formula is C29H29FN4O3S. The third-order valence-corrected chi connectivity index (χ3v) is 8.10. The highest BCUT2D eigenvalue weighted by atomic mass is 32.2. The van der Waals surface area contributed by atoms with Gasteiger partial charge in [0.25, 0.3) is 10.0 Å². The van der Waals surface area contributed by atoms with Gasteiger partial charge in [0.05, 0.1) is 21.6 Å². The third kappa shape index (κ3) is 5.06. The first-order chi connectivity index (χ1) is 18.3. The van der Waals surface area contributed by atoms with Gasteiger partial charge < -0.3 is 9.09 Å². The van der Waals surface area contributed by atoms with Crippen molar-refractivity contribution in [2.45, 2.75) is 51.5 Å². The number of anilines is 1. The van der Waals surface area contributed by atoms with Crippen LogP contribution in [-0.2, 0) is 23.0 Å². The van der Waals surface area contributed by atoms with Crippen molar-refractivity contribution in [1.82, 2.24) is 14.7 Å². The normalized spacial score (nSPS) is 11.8. The van der Waals surface area contributed by atoms with Gasteiger partial charge in [-0.25, -0.2) is 22.5 Å². The molecule has 0 aliphatic rings. The van der Waals surface area contributed by atoms with Gasteiger partial charge in [0.1, 0.15) is 11.6 Å². The minimum absolute atomic E-state index is 0.107. The van der Waals surface area contributed by atoms with Gasteiger partial charge in [-0.05, 0) is 55.7 Å². The summed E-state index contributed by atoms with van der Waals surface area (Å²) in [6.07, 6.45) is 2.85. The molecular weight excluding hydrogens is 503 g/mol. The fourth-order valence-corrected chi connectivity index (χ4v) is 5.72. The van der Waals surface area contributed by atoms with Crippen molar-refractivity contribution in [3.63, 3.8) is 0 Å². The van der Waals surface area contributed by atoms with E-state index in [4.69, 9.17) is 9.51 Å². The van der Waals surface area contributed by atoms with E-state index in [1.165, 1.54) is 12.1 Å². The number of nitrogens with zero attached hydrogens (tertiary/aromatic N) is 3. The van der Waals surface area contributed by atoms with E-state index in [-0.39, 0.29) is 16.6 Å². The average molecular weight is 533 g/mol. The maximum atomic E-state index is 14.0. The second-order valence-electron chi connectivity index (χ2n) is 9.37. The van der Waals surface area contributed by atoms with Gasteiger partial charge in [-0.3, -0.25) is 0 Å². The van der Waals surface area contributed by atoms with E-state index in [9.17, 15) is 12.8 Å². The summed E-state index contributed by atoms with van der Waals surface area (Å²) < 4.78 is 50.3. The van der Waals surface area contributed by atoms with Gasteiger partial charge in [-0.1, -0.05) is 61.0 Å². The Morgan fingerprint density at radius 2 is 1.79 bits per heavy atom. The number of sulfonamides is 1. The summed E-state index contributed by atoms with van der Waals surface area (Å²) >= 11 is 0. The standard InChI is InChI=1S/C29H29FN4O3S/c1-4-5-10-28-31-25-16-15-23(30)17-26(25)34(28)18-21-11-13-22(14-12-21)24-8-6-7-9-27(24)38(35,36)33-29-19(2)20(3)32-37-29/h6-9,11-17,33H,4-5,10,18H2,1-3H3. The largest absolute Gasteiger partial charge is 0.337 e. The first-order valence-electron chi connectivity index (χ1n) is 12.6. The van der Waals surface area contributed by atoms with Gasteiger partial charge in [-0.2, -0.15) is 0 Å². The molecule has 0 spiro atoms. The quantitative estimate of drug-likeness (QED) is 0.230. The molecule has 0 fully saturated rings. The lowest BCUT2D eigenvalue weighted by molar-refractivity contribution is 0.430. The highest BCUT2D eigenvalue weighted by Crippen LogP contribution is 2.30. The van der Waals surface area contributed by atoms with Crippen LogP contribution in [0.15, 0.2) is 76.1 Å². The molecule has 9 heteroatoms. The Kier molecular flexibility index (Phi) is 7.03. The van der Waals surface area contributed by atoms with E-state index in [1.807, 2.05) is 24.3 Å². The molecule has 5 rings (SSSR count). The van der Waals surface area contributed by atoms with Crippen molar-refractivity contribution in [2.24, 2.45) is 0 Å². The fraction of sp³-hybridized carbons (Fsp3) is 0.241. The van der Waals surface area contributed by atoms with E-state index >= 15 is 0 Å². The number of halogens is 1. The number of hydrogen-bond donors (Lipinski definition) is 1. The van der Waals surface area contributed by atoms with Crippen molar-refractivity contribution < 1.29 is 17.3 Å². The molecule has 0 atom stereocenters. The molecule has 0 aliphatic carbocycles. The SMILES string of the molecule is CCCCc1nc2ccc(F)cc2n1Cc1ccc(-c2ccccc2S(=O)(=O)Nc2onc(C)c2C)cc1. The molecule has 5 aromatic rings. The molecule has 0 radical (unpaired) electrons. The topological polar surface area (TPSA) is 90.0 Å². The highest BCUT2D eigenvalue weighted by Gasteiger charge is 2.22. The Labute approximate surface area is 221 Å². The number of benzene rings is 3. The van der Waals surface area contributed by atoms with Crippen molar-refractivity contribution in [1.29, 1.82) is 0 Å². The molecule has 196 valence electrons. The van der Waals surface area contributed by atoms with Crippen molar-refractivity contribution in [3.05, 3.63) is 95.2 Å². The molecule has 0 unspecified atom stereocenters. The number of fused-ring (bicyclic) bond motifs is 1. The van der Waals surface area contributed by atoms with Crippen LogP contribution in [0, 0.1) is 19.7 Å². The Bertz CT molecular complexity index is 1710. The van der Waals surface area contributed by atoms with E-state index in [1.54, 1.807) is 44.2 Å². The zero-order valence-corrected chi connectivity index (χ0v) is 22.3. The number of hydrogen-bond acceptors (Lipinski definition) is 5. The Balaban J connectivity index is 1.45. The number of imidazole rings is 1. The number of rotatable bonds is 9. The van der Waals surface area contributed by atoms with Crippen LogP contribution >= 0.6 is 0 Å². The maximum absolute atomic E-state index is 14.0. The van der Waals surface area contributed by atoms with Crippen LogP contribution in [0.25, 0.3) is 22.2 Å². The molecule has 2 aromatic heterocycles. The van der Waals surface area contributed by atoms with Gasteiger partial charge in [0.2, 0.25) is 5.88 Å². The van der Waals surface area contributed by atoms with E-state index in [0.717, 1.165) is 47.2 Å². The second-order valence-corrected chi connectivity index (χ2v) is 11.0. The van der Waals surface area contributed by atoms with E-state index < -0.39 is 10.0 Å². The number of aryl methyl sites for hydroxylation is 2. The third-order valence-electron chi connectivity index (χ3n) is 6.71. The Hall–Kier alpha value is -3.98. The van der Waals surface area contributed by atoms with Crippen LogP contribution in [0.3, 0.4) is 0 Å². The zero-order chi connectivity index (χ0) is 26.9. The predicted molar refractivity (Wildman–Crippen MR) is 146 cm³/mol. The lowest BCUT2D eigenvalue weighted by atomic mass is 10.0. The minimum Gasteiger partial charge on any atom is -0.337 e. The molecule has 1 N–H and O–H groups in total. The summed E-state index contributed by atoms with van der Waals surface area (Å²) in [6.45, 7) is 6.17. The summed E-state index contributed by atoms with van der Waals surface area (Å²) in [5.41, 5.74) is 5.13. The zero-order valence-electron chi connectivity index (χ0n) is 21.5. The Morgan fingerprint density at radius 3 is 2.50 bits per heavy atom. The summed E-state index contributed by atoms with van der Waals surface area (Å²) in [5.74, 6) is 0.741. The van der Waals surface area contributed by atoms with Crippen LogP contribution in [0.5, 0.6) is 0 Å². The molecule has 0 saturated carbocycles. The number of aromatic nitrogens is 3. The molecule has 0 aliphatic heterocycles. The summed E-state index contributed by atoms with van der Waals surface area (Å²) in [7, 11) is -3.93. The molecule has 0 bridgehead atoms. The van der Waals surface area contributed by atoms with Crippen molar-refractivity contribution in [3.8, 4) is 11.1 Å². The molecule has 0 saturated heterocycles. The van der Waals surface area contributed by atoms with Gasteiger partial charge >= 0.3 is 0 Å². The monoisotopic (exact) mass is 532 g/mol. The van der Waals surface area contributed by atoms with Gasteiger partial charge in [0.15, 0.2) is 0 Å². The molecule has 3 aromatic carbocycles. The van der Waals surface area contributed by atoms with Crippen LogP contribution < -0.4 is 4.72 Å². The molecule has 7 nitrogen and oxygen atoms in total. The predicted octanol–water partition coefficient (Wildman–Crippen LogP) is 6.64. The molecule has 2 heterocycles. The van der Waals surface area contributed by atoms with Crippen molar-refractivity contribution in [2.75, 3.05) is 4.72 Å². The summed E-state index contributed by atoms with van der Waals surface area (Å²) in [4.78, 5) is 4.88. The van der Waals surface area contributed by atoms with Gasteiger partial charge in [0, 0.05) is 24.1 Å². The summed E-state index contributed by atoms with van der Waals surface area (Å²) in [6, 6.07) is 19.2. The number of unbranched alkanes of at least 4 members (excludes halogenated alkanes) is 1. The lowest BCUT2D eigenvalue weighted by Gasteiger charge is -2.13. The van der Waals surface area contributed by atoms with E-state index in [0.29, 0.717) is 23.4 Å². The van der Waals surface area contributed by atoms with Crippen LogP contribution in [0.1, 0.15) is 42.4 Å². The smallest absolute Gasteiger partial charge is 0.264 e. The van der Waals surface area contributed by atoms with Crippen LogP contribution in [-0.4, -0.2) is 23.1 Å². The van der Waals surface area contributed by atoms with Crippen LogP contribution in [0.4, 0.5) is 10.3 Å². The Morgan fingerprint density at radius 1 is 1.03 bits per heavy atom. The van der Waals surface area contributed by atoms with Crippen molar-refractivity contribution >= 4 is 26.9 Å². The lowest BCUT2D eigenvalue weighted by Crippen LogP contribution is -2.14.